The summed E-state index contributed by atoms with van der Waals surface area (Å²) in [5, 5.41) is 8.10. The van der Waals surface area contributed by atoms with E-state index in [9.17, 15) is 0 Å². The smallest absolute Gasteiger partial charge is 0.233 e. The number of hydrogen-bond acceptors (Lipinski definition) is 5. The molecule has 0 aliphatic rings. The zero-order valence-corrected chi connectivity index (χ0v) is 11.3. The van der Waals surface area contributed by atoms with Gasteiger partial charge in [-0.05, 0) is 36.6 Å². The molecule has 0 saturated heterocycles. The van der Waals surface area contributed by atoms with Crippen molar-refractivity contribution in [2.45, 2.75) is 19.9 Å². The molecule has 3 N–H and O–H groups in total. The Morgan fingerprint density at radius 1 is 1.11 bits per heavy atom. The highest BCUT2D eigenvalue weighted by atomic mass is 16.5. The summed E-state index contributed by atoms with van der Waals surface area (Å²) in [7, 11) is 1.56. The van der Waals surface area contributed by atoms with Gasteiger partial charge in [0.25, 0.3) is 0 Å². The minimum absolute atomic E-state index is 0.183. The summed E-state index contributed by atoms with van der Waals surface area (Å²) in [5.41, 5.74) is 7.06. The van der Waals surface area contributed by atoms with Gasteiger partial charge in [-0.3, -0.25) is 5.84 Å². The Morgan fingerprint density at radius 2 is 1.89 bits per heavy atom. The minimum Gasteiger partial charge on any atom is -0.480 e. The van der Waals surface area contributed by atoms with E-state index in [0.717, 1.165) is 11.3 Å². The average molecular weight is 258 g/mol. The number of hydrogen-bond donors (Lipinski definition) is 2. The number of nitrogens with zero attached hydrogens (tertiary/aromatic N) is 2. The Bertz CT molecular complexity index is 554. The van der Waals surface area contributed by atoms with E-state index in [-0.39, 0.29) is 6.04 Å². The molecule has 5 nitrogen and oxygen atoms in total. The van der Waals surface area contributed by atoms with Crippen molar-refractivity contribution in [2.24, 2.45) is 5.84 Å². The molecule has 100 valence electrons. The maximum Gasteiger partial charge on any atom is 0.233 e. The number of benzene rings is 1. The normalized spacial score (nSPS) is 12.2. The summed E-state index contributed by atoms with van der Waals surface area (Å²) >= 11 is 0. The van der Waals surface area contributed by atoms with Gasteiger partial charge in [0.15, 0.2) is 0 Å². The van der Waals surface area contributed by atoms with Crippen LogP contribution in [0.15, 0.2) is 30.3 Å². The van der Waals surface area contributed by atoms with E-state index in [1.807, 2.05) is 12.1 Å². The summed E-state index contributed by atoms with van der Waals surface area (Å²) in [5.74, 6) is 6.13. The van der Waals surface area contributed by atoms with E-state index in [1.165, 1.54) is 11.1 Å². The molecule has 1 aromatic carbocycles. The predicted octanol–water partition coefficient (Wildman–Crippen LogP) is 1.65. The lowest BCUT2D eigenvalue weighted by atomic mass is 9.99. The van der Waals surface area contributed by atoms with Crippen LogP contribution in [0.4, 0.5) is 0 Å². The van der Waals surface area contributed by atoms with Crippen LogP contribution >= 0.6 is 0 Å². The second-order valence-electron chi connectivity index (χ2n) is 4.44. The van der Waals surface area contributed by atoms with Gasteiger partial charge in [-0.25, -0.2) is 5.43 Å². The van der Waals surface area contributed by atoms with Gasteiger partial charge in [0, 0.05) is 6.07 Å². The molecule has 5 heteroatoms. The Morgan fingerprint density at radius 3 is 2.42 bits per heavy atom. The Balaban J connectivity index is 2.34. The van der Waals surface area contributed by atoms with Gasteiger partial charge >= 0.3 is 0 Å². The summed E-state index contributed by atoms with van der Waals surface area (Å²) in [6, 6.07) is 9.66. The fourth-order valence-corrected chi connectivity index (χ4v) is 1.89. The molecular weight excluding hydrogens is 240 g/mol. The summed E-state index contributed by atoms with van der Waals surface area (Å²) in [4.78, 5) is 0. The number of hydrazine groups is 1. The maximum atomic E-state index is 5.65. The Labute approximate surface area is 112 Å². The molecule has 0 spiro atoms. The zero-order chi connectivity index (χ0) is 13.8. The molecule has 0 radical (unpaired) electrons. The van der Waals surface area contributed by atoms with Gasteiger partial charge in [-0.1, -0.05) is 18.2 Å². The van der Waals surface area contributed by atoms with Gasteiger partial charge in [-0.2, -0.15) is 0 Å². The quantitative estimate of drug-likeness (QED) is 0.644. The van der Waals surface area contributed by atoms with Crippen LogP contribution in [0.2, 0.25) is 0 Å². The molecule has 0 saturated carbocycles. The van der Waals surface area contributed by atoms with Crippen LogP contribution in [0.5, 0.6) is 5.88 Å². The summed E-state index contributed by atoms with van der Waals surface area (Å²) in [6.45, 7) is 4.16. The molecule has 1 heterocycles. The van der Waals surface area contributed by atoms with E-state index in [0.29, 0.717) is 5.88 Å². The zero-order valence-electron chi connectivity index (χ0n) is 11.3. The third kappa shape index (κ3) is 2.89. The van der Waals surface area contributed by atoms with Crippen molar-refractivity contribution >= 4 is 0 Å². The number of ether oxygens (including phenoxy) is 1. The first-order valence-corrected chi connectivity index (χ1v) is 6.06. The SMILES string of the molecule is COc1ccc(C(NN)c2ccc(C)c(C)c2)nn1. The third-order valence-corrected chi connectivity index (χ3v) is 3.20. The lowest BCUT2D eigenvalue weighted by Gasteiger charge is -2.16. The van der Waals surface area contributed by atoms with Gasteiger partial charge in [-0.15, -0.1) is 10.2 Å². The second-order valence-corrected chi connectivity index (χ2v) is 4.44. The van der Waals surface area contributed by atoms with Gasteiger partial charge in [0.05, 0.1) is 18.8 Å². The van der Waals surface area contributed by atoms with Crippen molar-refractivity contribution in [2.75, 3.05) is 7.11 Å². The van der Waals surface area contributed by atoms with Crippen molar-refractivity contribution < 1.29 is 4.74 Å². The first-order chi connectivity index (χ1) is 9.15. The topological polar surface area (TPSA) is 73.1 Å². The number of nitrogens with one attached hydrogen (secondary N) is 1. The van der Waals surface area contributed by atoms with E-state index < -0.39 is 0 Å². The molecule has 0 bridgehead atoms. The lowest BCUT2D eigenvalue weighted by Crippen LogP contribution is -2.29. The maximum absolute atomic E-state index is 5.65. The number of methoxy groups -OCH3 is 1. The first-order valence-electron chi connectivity index (χ1n) is 6.06. The van der Waals surface area contributed by atoms with Crippen LogP contribution < -0.4 is 16.0 Å². The van der Waals surface area contributed by atoms with Crippen molar-refractivity contribution in [3.05, 3.63) is 52.7 Å². The van der Waals surface area contributed by atoms with Crippen molar-refractivity contribution in [3.8, 4) is 5.88 Å². The van der Waals surface area contributed by atoms with Crippen LogP contribution in [-0.2, 0) is 0 Å². The standard InChI is InChI=1S/C14H18N4O/c1-9-4-5-11(8-10(9)2)14(16-15)12-6-7-13(19-3)18-17-12/h4-8,14,16H,15H2,1-3H3. The molecule has 1 aromatic heterocycles. The van der Waals surface area contributed by atoms with E-state index in [4.69, 9.17) is 10.6 Å². The van der Waals surface area contributed by atoms with Crippen molar-refractivity contribution in [3.63, 3.8) is 0 Å². The van der Waals surface area contributed by atoms with Crippen LogP contribution in [0, 0.1) is 13.8 Å². The molecule has 2 aromatic rings. The fraction of sp³-hybridized carbons (Fsp3) is 0.286. The Kier molecular flexibility index (Phi) is 4.09. The highest BCUT2D eigenvalue weighted by Crippen LogP contribution is 2.22. The average Bonchev–Trinajstić information content (AvgIpc) is 2.44. The fourth-order valence-electron chi connectivity index (χ4n) is 1.89. The lowest BCUT2D eigenvalue weighted by molar-refractivity contribution is 0.390. The molecule has 1 atom stereocenters. The van der Waals surface area contributed by atoms with E-state index in [1.54, 1.807) is 13.2 Å². The second kappa shape index (κ2) is 5.77. The number of nitrogens with two attached hydrogens (primary N) is 1. The molecule has 0 aliphatic heterocycles. The highest BCUT2D eigenvalue weighted by Gasteiger charge is 2.15. The van der Waals surface area contributed by atoms with Crippen molar-refractivity contribution in [1.29, 1.82) is 0 Å². The monoisotopic (exact) mass is 258 g/mol. The molecule has 0 aliphatic carbocycles. The molecule has 19 heavy (non-hydrogen) atoms. The third-order valence-electron chi connectivity index (χ3n) is 3.20. The minimum atomic E-state index is -0.183. The summed E-state index contributed by atoms with van der Waals surface area (Å²) in [6.07, 6.45) is 0. The van der Waals surface area contributed by atoms with Crippen LogP contribution in [0.3, 0.4) is 0 Å². The molecule has 1 unspecified atom stereocenters. The molecule has 0 amide bonds. The first kappa shape index (κ1) is 13.5. The van der Waals surface area contributed by atoms with Crippen LogP contribution in [-0.4, -0.2) is 17.3 Å². The van der Waals surface area contributed by atoms with E-state index in [2.05, 4.69) is 41.6 Å². The van der Waals surface area contributed by atoms with Crippen LogP contribution in [0.1, 0.15) is 28.4 Å². The van der Waals surface area contributed by atoms with Crippen LogP contribution in [0.25, 0.3) is 0 Å². The highest BCUT2D eigenvalue weighted by molar-refractivity contribution is 5.35. The molecule has 2 rings (SSSR count). The summed E-state index contributed by atoms with van der Waals surface area (Å²) < 4.78 is 5.00. The van der Waals surface area contributed by atoms with Crippen molar-refractivity contribution in [1.82, 2.24) is 15.6 Å². The van der Waals surface area contributed by atoms with Gasteiger partial charge in [0.2, 0.25) is 5.88 Å². The number of rotatable bonds is 4. The number of aromatic nitrogens is 2. The molecule has 0 fully saturated rings. The largest absolute Gasteiger partial charge is 0.480 e. The van der Waals surface area contributed by atoms with Gasteiger partial charge in [0.1, 0.15) is 0 Å². The molecular formula is C14H18N4O. The van der Waals surface area contributed by atoms with Gasteiger partial charge < -0.3 is 4.74 Å². The number of aryl methyl sites for hydroxylation is 2. The predicted molar refractivity (Wildman–Crippen MR) is 73.7 cm³/mol. The van der Waals surface area contributed by atoms with E-state index >= 15 is 0 Å². The Hall–Kier alpha value is -1.98.